The zero-order valence-electron chi connectivity index (χ0n) is 11.5. The minimum absolute atomic E-state index is 0.0925. The van der Waals surface area contributed by atoms with Gasteiger partial charge in [-0.25, -0.2) is 4.98 Å². The quantitative estimate of drug-likeness (QED) is 0.832. The first-order chi connectivity index (χ1) is 8.90. The van der Waals surface area contributed by atoms with Gasteiger partial charge in [0.2, 0.25) is 5.91 Å². The predicted molar refractivity (Wildman–Crippen MR) is 74.3 cm³/mol. The van der Waals surface area contributed by atoms with Crippen molar-refractivity contribution in [2.75, 3.05) is 6.54 Å². The zero-order valence-corrected chi connectivity index (χ0v) is 12.4. The third-order valence-electron chi connectivity index (χ3n) is 2.74. The number of hydrogen-bond donors (Lipinski definition) is 1. The van der Waals surface area contributed by atoms with E-state index in [2.05, 4.69) is 4.98 Å². The SMILES string of the molecule is Cc1nc(CCCC(=O)N(CC(=O)O)C(C)C)cs1. The highest BCUT2D eigenvalue weighted by Gasteiger charge is 2.19. The number of aryl methyl sites for hydroxylation is 2. The first-order valence-electron chi connectivity index (χ1n) is 6.32. The fraction of sp³-hybridized carbons (Fsp3) is 0.615. The lowest BCUT2D eigenvalue weighted by Crippen LogP contribution is -2.40. The molecule has 1 N–H and O–H groups in total. The molecule has 1 aromatic rings. The van der Waals surface area contributed by atoms with Crippen LogP contribution < -0.4 is 0 Å². The number of amides is 1. The lowest BCUT2D eigenvalue weighted by atomic mass is 10.1. The Morgan fingerprint density at radius 3 is 2.63 bits per heavy atom. The van der Waals surface area contributed by atoms with E-state index in [1.165, 1.54) is 4.90 Å². The molecule has 1 amide bonds. The van der Waals surface area contributed by atoms with E-state index in [1.807, 2.05) is 26.2 Å². The van der Waals surface area contributed by atoms with Crippen molar-refractivity contribution in [3.63, 3.8) is 0 Å². The highest BCUT2D eigenvalue weighted by atomic mass is 32.1. The zero-order chi connectivity index (χ0) is 14.4. The van der Waals surface area contributed by atoms with E-state index in [0.717, 1.165) is 17.1 Å². The summed E-state index contributed by atoms with van der Waals surface area (Å²) in [6.07, 6.45) is 1.82. The maximum absolute atomic E-state index is 12.0. The topological polar surface area (TPSA) is 70.5 Å². The third-order valence-corrected chi connectivity index (χ3v) is 3.56. The van der Waals surface area contributed by atoms with E-state index >= 15 is 0 Å². The number of thiazole rings is 1. The number of nitrogens with zero attached hydrogens (tertiary/aromatic N) is 2. The van der Waals surface area contributed by atoms with Crippen molar-refractivity contribution in [3.8, 4) is 0 Å². The first-order valence-corrected chi connectivity index (χ1v) is 7.20. The number of carboxylic acids is 1. The molecule has 0 spiro atoms. The van der Waals surface area contributed by atoms with Crippen LogP contribution in [0.4, 0.5) is 0 Å². The van der Waals surface area contributed by atoms with Crippen LogP contribution in [0, 0.1) is 6.92 Å². The number of hydrogen-bond acceptors (Lipinski definition) is 4. The van der Waals surface area contributed by atoms with Crippen LogP contribution in [0.1, 0.15) is 37.4 Å². The molecule has 1 heterocycles. The first kappa shape index (κ1) is 15.6. The summed E-state index contributed by atoms with van der Waals surface area (Å²) < 4.78 is 0. The molecule has 0 aliphatic carbocycles. The third kappa shape index (κ3) is 5.38. The molecule has 0 saturated carbocycles. The fourth-order valence-corrected chi connectivity index (χ4v) is 2.44. The largest absolute Gasteiger partial charge is 0.480 e. The van der Waals surface area contributed by atoms with Crippen molar-refractivity contribution in [3.05, 3.63) is 16.1 Å². The Morgan fingerprint density at radius 1 is 1.47 bits per heavy atom. The normalized spacial score (nSPS) is 10.7. The van der Waals surface area contributed by atoms with E-state index in [0.29, 0.717) is 12.8 Å². The standard InChI is InChI=1S/C13H20N2O3S/c1-9(2)15(7-13(17)18)12(16)6-4-5-11-8-19-10(3)14-11/h8-9H,4-7H2,1-3H3,(H,17,18). The fourth-order valence-electron chi connectivity index (χ4n) is 1.79. The summed E-state index contributed by atoms with van der Waals surface area (Å²) in [4.78, 5) is 28.4. The summed E-state index contributed by atoms with van der Waals surface area (Å²) in [5.41, 5.74) is 1.00. The lowest BCUT2D eigenvalue weighted by molar-refractivity contribution is -0.145. The summed E-state index contributed by atoms with van der Waals surface area (Å²) in [5.74, 6) is -1.08. The van der Waals surface area contributed by atoms with Crippen molar-refractivity contribution in [1.29, 1.82) is 0 Å². The average Bonchev–Trinajstić information content (AvgIpc) is 2.71. The Balaban J connectivity index is 2.42. The number of carbonyl (C=O) groups is 2. The Morgan fingerprint density at radius 2 is 2.16 bits per heavy atom. The van der Waals surface area contributed by atoms with Crippen LogP contribution in [0.25, 0.3) is 0 Å². The molecule has 0 aliphatic heterocycles. The molecule has 1 rings (SSSR count). The van der Waals surface area contributed by atoms with E-state index in [-0.39, 0.29) is 18.5 Å². The molecule has 0 aromatic carbocycles. The van der Waals surface area contributed by atoms with Crippen molar-refractivity contribution in [2.24, 2.45) is 0 Å². The summed E-state index contributed by atoms with van der Waals surface area (Å²) in [5, 5.41) is 11.8. The Kier molecular flexibility index (Phi) is 5.95. The van der Waals surface area contributed by atoms with Crippen LogP contribution >= 0.6 is 11.3 Å². The minimum Gasteiger partial charge on any atom is -0.480 e. The second-order valence-electron chi connectivity index (χ2n) is 4.72. The summed E-state index contributed by atoms with van der Waals surface area (Å²) in [6.45, 7) is 5.37. The molecule has 0 atom stereocenters. The van der Waals surface area contributed by atoms with Crippen LogP contribution in [-0.2, 0) is 16.0 Å². The molecule has 1 aromatic heterocycles. The molecule has 0 fully saturated rings. The number of carbonyl (C=O) groups excluding carboxylic acids is 1. The molecule has 0 saturated heterocycles. The van der Waals surface area contributed by atoms with Crippen molar-refractivity contribution in [2.45, 2.75) is 46.1 Å². The number of carboxylic acid groups (broad SMARTS) is 1. The van der Waals surface area contributed by atoms with Gasteiger partial charge in [0.15, 0.2) is 0 Å². The maximum Gasteiger partial charge on any atom is 0.323 e. The second kappa shape index (κ2) is 7.23. The molecular formula is C13H20N2O3S. The van der Waals surface area contributed by atoms with E-state index in [1.54, 1.807) is 11.3 Å². The Labute approximate surface area is 117 Å². The van der Waals surface area contributed by atoms with Crippen LogP contribution in [0.15, 0.2) is 5.38 Å². The number of aliphatic carboxylic acids is 1. The van der Waals surface area contributed by atoms with Gasteiger partial charge >= 0.3 is 5.97 Å². The van der Waals surface area contributed by atoms with Gasteiger partial charge in [0, 0.05) is 17.8 Å². The van der Waals surface area contributed by atoms with Gasteiger partial charge in [-0.2, -0.15) is 0 Å². The van der Waals surface area contributed by atoms with E-state index < -0.39 is 5.97 Å². The number of aromatic nitrogens is 1. The Hall–Kier alpha value is -1.43. The molecule has 106 valence electrons. The van der Waals surface area contributed by atoms with E-state index in [4.69, 9.17) is 5.11 Å². The molecule has 0 radical (unpaired) electrons. The molecule has 19 heavy (non-hydrogen) atoms. The van der Waals surface area contributed by atoms with Gasteiger partial charge in [-0.05, 0) is 33.6 Å². The van der Waals surface area contributed by atoms with Gasteiger partial charge in [0.25, 0.3) is 0 Å². The highest BCUT2D eigenvalue weighted by Crippen LogP contribution is 2.12. The van der Waals surface area contributed by atoms with Gasteiger partial charge in [-0.1, -0.05) is 0 Å². The average molecular weight is 284 g/mol. The lowest BCUT2D eigenvalue weighted by Gasteiger charge is -2.24. The van der Waals surface area contributed by atoms with Gasteiger partial charge in [-0.3, -0.25) is 9.59 Å². The van der Waals surface area contributed by atoms with Crippen LogP contribution in [0.3, 0.4) is 0 Å². The highest BCUT2D eigenvalue weighted by molar-refractivity contribution is 7.09. The van der Waals surface area contributed by atoms with Crippen LogP contribution in [0.2, 0.25) is 0 Å². The molecule has 5 nitrogen and oxygen atoms in total. The van der Waals surface area contributed by atoms with Gasteiger partial charge in [0.1, 0.15) is 6.54 Å². The van der Waals surface area contributed by atoms with Crippen molar-refractivity contribution in [1.82, 2.24) is 9.88 Å². The van der Waals surface area contributed by atoms with Crippen LogP contribution in [0.5, 0.6) is 0 Å². The Bertz CT molecular complexity index is 443. The van der Waals surface area contributed by atoms with E-state index in [9.17, 15) is 9.59 Å². The molecule has 0 aliphatic rings. The van der Waals surface area contributed by atoms with Gasteiger partial charge in [-0.15, -0.1) is 11.3 Å². The smallest absolute Gasteiger partial charge is 0.323 e. The monoisotopic (exact) mass is 284 g/mol. The van der Waals surface area contributed by atoms with Gasteiger partial charge < -0.3 is 10.0 Å². The van der Waals surface area contributed by atoms with Crippen molar-refractivity contribution >= 4 is 23.2 Å². The number of rotatable bonds is 7. The predicted octanol–water partition coefficient (Wildman–Crippen LogP) is 2.10. The van der Waals surface area contributed by atoms with Gasteiger partial charge in [0.05, 0.1) is 10.7 Å². The molecule has 0 bridgehead atoms. The molecule has 6 heteroatoms. The maximum atomic E-state index is 12.0. The molecule has 0 unspecified atom stereocenters. The minimum atomic E-state index is -0.975. The summed E-state index contributed by atoms with van der Waals surface area (Å²) in [7, 11) is 0. The second-order valence-corrected chi connectivity index (χ2v) is 5.78. The summed E-state index contributed by atoms with van der Waals surface area (Å²) in [6, 6.07) is -0.0925. The van der Waals surface area contributed by atoms with Crippen molar-refractivity contribution < 1.29 is 14.7 Å². The van der Waals surface area contributed by atoms with Crippen LogP contribution in [-0.4, -0.2) is 39.5 Å². The molecular weight excluding hydrogens is 264 g/mol. The summed E-state index contributed by atoms with van der Waals surface area (Å²) >= 11 is 1.60.